The molecule has 0 saturated heterocycles. The summed E-state index contributed by atoms with van der Waals surface area (Å²) in [6, 6.07) is 59.6. The Morgan fingerprint density at radius 2 is 0.864 bits per heavy atom. The van der Waals surface area contributed by atoms with E-state index in [0.29, 0.717) is 0 Å². The highest BCUT2D eigenvalue weighted by atomic mass is 32.1. The van der Waals surface area contributed by atoms with Crippen molar-refractivity contribution < 1.29 is 0 Å². The molecule has 44 heavy (non-hydrogen) atoms. The third-order valence-electron chi connectivity index (χ3n) is 8.84. The predicted molar refractivity (Wildman–Crippen MR) is 192 cm³/mol. The van der Waals surface area contributed by atoms with Gasteiger partial charge in [0.25, 0.3) is 0 Å². The number of benzene rings is 8. The molecular formula is C42H27NS. The molecule has 2 heteroatoms. The smallest absolute Gasteiger partial charge is 0.0640 e. The number of para-hydroxylation sites is 1. The second kappa shape index (κ2) is 10.1. The van der Waals surface area contributed by atoms with Crippen molar-refractivity contribution in [3.05, 3.63) is 164 Å². The van der Waals surface area contributed by atoms with Crippen LogP contribution >= 0.6 is 11.3 Å². The molecule has 9 aromatic rings. The summed E-state index contributed by atoms with van der Waals surface area (Å²) < 4.78 is 2.62. The lowest BCUT2D eigenvalue weighted by Crippen LogP contribution is -2.09. The lowest BCUT2D eigenvalue weighted by molar-refractivity contribution is 1.30. The summed E-state index contributed by atoms with van der Waals surface area (Å²) in [4.78, 5) is 2.39. The van der Waals surface area contributed by atoms with Crippen molar-refractivity contribution in [2.45, 2.75) is 0 Å². The van der Waals surface area contributed by atoms with E-state index in [1.54, 1.807) is 0 Å². The Bertz CT molecular complexity index is 2450. The fourth-order valence-corrected chi connectivity index (χ4v) is 8.01. The van der Waals surface area contributed by atoms with Crippen LogP contribution in [-0.2, 0) is 0 Å². The van der Waals surface area contributed by atoms with E-state index in [0.717, 1.165) is 11.4 Å². The summed E-state index contributed by atoms with van der Waals surface area (Å²) in [5, 5.41) is 10.4. The molecule has 0 N–H and O–H groups in total. The van der Waals surface area contributed by atoms with Gasteiger partial charge in [-0.3, -0.25) is 0 Å². The van der Waals surface area contributed by atoms with Gasteiger partial charge in [0.05, 0.1) is 10.4 Å². The molecule has 1 heterocycles. The average molecular weight is 578 g/mol. The highest BCUT2D eigenvalue weighted by molar-refractivity contribution is 7.26. The van der Waals surface area contributed by atoms with Crippen LogP contribution in [0.15, 0.2) is 164 Å². The number of fused-ring (bicyclic) bond motifs is 9. The van der Waals surface area contributed by atoms with Crippen molar-refractivity contribution in [3.8, 4) is 11.1 Å². The summed E-state index contributed by atoms with van der Waals surface area (Å²) in [5.74, 6) is 0. The van der Waals surface area contributed by atoms with Crippen LogP contribution < -0.4 is 4.90 Å². The van der Waals surface area contributed by atoms with E-state index in [4.69, 9.17) is 0 Å². The summed E-state index contributed by atoms with van der Waals surface area (Å²) in [6.07, 6.45) is 0. The Morgan fingerprint density at radius 3 is 1.57 bits per heavy atom. The number of hydrogen-bond acceptors (Lipinski definition) is 2. The predicted octanol–water partition coefficient (Wildman–Crippen LogP) is 12.7. The molecule has 0 unspecified atom stereocenters. The normalized spacial score (nSPS) is 11.6. The number of thiophene rings is 1. The molecule has 9 rings (SSSR count). The molecule has 0 amide bonds. The van der Waals surface area contributed by atoms with Gasteiger partial charge in [0.1, 0.15) is 0 Å². The number of nitrogens with zero attached hydrogens (tertiary/aromatic N) is 1. The Morgan fingerprint density at radius 1 is 0.341 bits per heavy atom. The maximum absolute atomic E-state index is 2.39. The first-order chi connectivity index (χ1) is 21.8. The third-order valence-corrected chi connectivity index (χ3v) is 10.1. The van der Waals surface area contributed by atoms with Gasteiger partial charge in [-0.05, 0) is 85.9 Å². The minimum absolute atomic E-state index is 1.14. The fraction of sp³-hybridized carbons (Fsp3) is 0. The average Bonchev–Trinajstić information content (AvgIpc) is 3.49. The van der Waals surface area contributed by atoms with Gasteiger partial charge in [-0.15, -0.1) is 11.3 Å². The number of rotatable bonds is 4. The molecule has 0 aliphatic heterocycles. The van der Waals surface area contributed by atoms with E-state index in [1.165, 1.54) is 69.3 Å². The van der Waals surface area contributed by atoms with Crippen LogP contribution in [0.25, 0.3) is 63.6 Å². The van der Waals surface area contributed by atoms with Gasteiger partial charge >= 0.3 is 0 Å². The summed E-state index contributed by atoms with van der Waals surface area (Å²) in [7, 11) is 0. The Kier molecular flexibility index (Phi) is 5.75. The minimum Gasteiger partial charge on any atom is -0.309 e. The first-order valence-corrected chi connectivity index (χ1v) is 15.8. The quantitative estimate of drug-likeness (QED) is 0.188. The van der Waals surface area contributed by atoms with E-state index in [2.05, 4.69) is 169 Å². The molecule has 0 radical (unpaired) electrons. The van der Waals surface area contributed by atoms with Gasteiger partial charge in [0, 0.05) is 26.8 Å². The van der Waals surface area contributed by atoms with Gasteiger partial charge in [-0.2, -0.15) is 0 Å². The molecule has 0 spiro atoms. The first-order valence-electron chi connectivity index (χ1n) is 15.0. The van der Waals surface area contributed by atoms with Crippen molar-refractivity contribution >= 4 is 80.9 Å². The zero-order valence-corrected chi connectivity index (χ0v) is 24.8. The lowest BCUT2D eigenvalue weighted by atomic mass is 9.92. The van der Waals surface area contributed by atoms with Crippen LogP contribution in [0.3, 0.4) is 0 Å². The second-order valence-corrected chi connectivity index (χ2v) is 12.4. The SMILES string of the molecule is c1ccc(N(c2ccc(-c3ccc4c5ccccc5c5ccccc5c4c3)cc2)c2cccc3c2sc2ccccc23)cc1. The van der Waals surface area contributed by atoms with Crippen LogP contribution in [0.2, 0.25) is 0 Å². The zero-order chi connectivity index (χ0) is 29.0. The molecule has 0 bridgehead atoms. The van der Waals surface area contributed by atoms with E-state index < -0.39 is 0 Å². The van der Waals surface area contributed by atoms with Gasteiger partial charge in [0.2, 0.25) is 0 Å². The maximum Gasteiger partial charge on any atom is 0.0640 e. The van der Waals surface area contributed by atoms with Crippen LogP contribution in [0.1, 0.15) is 0 Å². The molecular weight excluding hydrogens is 551 g/mol. The van der Waals surface area contributed by atoms with Crippen molar-refractivity contribution in [2.24, 2.45) is 0 Å². The van der Waals surface area contributed by atoms with E-state index in [-0.39, 0.29) is 0 Å². The van der Waals surface area contributed by atoms with Gasteiger partial charge in [-0.25, -0.2) is 0 Å². The van der Waals surface area contributed by atoms with Crippen molar-refractivity contribution in [1.82, 2.24) is 0 Å². The Balaban J connectivity index is 1.19. The van der Waals surface area contributed by atoms with Crippen LogP contribution in [-0.4, -0.2) is 0 Å². The van der Waals surface area contributed by atoms with Crippen molar-refractivity contribution in [1.29, 1.82) is 0 Å². The highest BCUT2D eigenvalue weighted by Crippen LogP contribution is 2.45. The summed E-state index contributed by atoms with van der Waals surface area (Å²) >= 11 is 1.87. The van der Waals surface area contributed by atoms with E-state index in [9.17, 15) is 0 Å². The maximum atomic E-state index is 2.39. The largest absolute Gasteiger partial charge is 0.309 e. The van der Waals surface area contributed by atoms with Gasteiger partial charge in [-0.1, -0.05) is 121 Å². The van der Waals surface area contributed by atoms with Crippen LogP contribution in [0.4, 0.5) is 17.1 Å². The van der Waals surface area contributed by atoms with Crippen LogP contribution in [0.5, 0.6) is 0 Å². The molecule has 0 saturated carbocycles. The Labute approximate surface area is 259 Å². The molecule has 0 fully saturated rings. The third kappa shape index (κ3) is 3.92. The molecule has 1 nitrogen and oxygen atoms in total. The minimum atomic E-state index is 1.14. The molecule has 0 aliphatic carbocycles. The van der Waals surface area contributed by atoms with Crippen LogP contribution in [0, 0.1) is 0 Å². The monoisotopic (exact) mass is 577 g/mol. The van der Waals surface area contributed by atoms with Crippen molar-refractivity contribution in [2.75, 3.05) is 4.90 Å². The molecule has 0 atom stereocenters. The summed E-state index contributed by atoms with van der Waals surface area (Å²) in [6.45, 7) is 0. The Hall–Kier alpha value is -5.44. The van der Waals surface area contributed by atoms with E-state index >= 15 is 0 Å². The fourth-order valence-electron chi connectivity index (χ4n) is 6.80. The van der Waals surface area contributed by atoms with E-state index in [1.807, 2.05) is 11.3 Å². The number of anilines is 3. The summed E-state index contributed by atoms with van der Waals surface area (Å²) in [5.41, 5.74) is 5.92. The van der Waals surface area contributed by atoms with Gasteiger partial charge in [0.15, 0.2) is 0 Å². The molecule has 1 aromatic heterocycles. The molecule has 206 valence electrons. The number of hydrogen-bond donors (Lipinski definition) is 0. The topological polar surface area (TPSA) is 3.24 Å². The molecule has 8 aromatic carbocycles. The standard InChI is InChI=1S/C42H27NS/c1-2-11-30(12-3-1)43(40-19-10-18-38-37-17-8-9-20-41(37)44-42(38)40)31-24-21-28(22-25-31)29-23-26-36-34-15-5-4-13-32(34)33-14-6-7-16-35(33)39(36)27-29/h1-27H. The lowest BCUT2D eigenvalue weighted by Gasteiger charge is -2.26. The van der Waals surface area contributed by atoms with Gasteiger partial charge < -0.3 is 4.90 Å². The van der Waals surface area contributed by atoms with Crippen molar-refractivity contribution in [3.63, 3.8) is 0 Å². The highest BCUT2D eigenvalue weighted by Gasteiger charge is 2.18. The zero-order valence-electron chi connectivity index (χ0n) is 23.9. The molecule has 0 aliphatic rings. The second-order valence-electron chi connectivity index (χ2n) is 11.3. The first kappa shape index (κ1) is 25.1.